The highest BCUT2D eigenvalue weighted by atomic mass is 16.5. The molecular weight excluding hydrogens is 448 g/mol. The predicted octanol–water partition coefficient (Wildman–Crippen LogP) is 3.67. The van der Waals surface area contributed by atoms with Gasteiger partial charge in [-0.05, 0) is 54.5 Å². The van der Waals surface area contributed by atoms with E-state index in [0.29, 0.717) is 18.0 Å². The number of morpholine rings is 1. The summed E-state index contributed by atoms with van der Waals surface area (Å²) in [6.07, 6.45) is 3.55. The number of anilines is 1. The summed E-state index contributed by atoms with van der Waals surface area (Å²) < 4.78 is 5.38. The summed E-state index contributed by atoms with van der Waals surface area (Å²) in [4.78, 5) is 17.3. The number of carbonyl (C=O) groups is 1. The minimum absolute atomic E-state index is 0.00747. The number of carbonyl (C=O) groups excluding carboxylic acids is 1. The van der Waals surface area contributed by atoms with E-state index >= 15 is 0 Å². The molecule has 2 saturated heterocycles. The lowest BCUT2D eigenvalue weighted by atomic mass is 9.87. The van der Waals surface area contributed by atoms with E-state index in [1.165, 1.54) is 17.7 Å². The second-order valence-corrected chi connectivity index (χ2v) is 11.4. The van der Waals surface area contributed by atoms with Gasteiger partial charge in [-0.2, -0.15) is 0 Å². The van der Waals surface area contributed by atoms with Crippen LogP contribution in [0.3, 0.4) is 0 Å². The first-order chi connectivity index (χ1) is 17.5. The molecule has 1 atom stereocenters. The minimum atomic E-state index is 0.00747. The van der Waals surface area contributed by atoms with Crippen molar-refractivity contribution < 1.29 is 9.53 Å². The number of benzene rings is 2. The van der Waals surface area contributed by atoms with Crippen LogP contribution in [-0.4, -0.2) is 75.9 Å². The third-order valence-corrected chi connectivity index (χ3v) is 8.74. The Morgan fingerprint density at radius 2 is 1.64 bits per heavy atom. The quantitative estimate of drug-likeness (QED) is 0.562. The molecule has 3 fully saturated rings. The monoisotopic (exact) mass is 490 g/mol. The molecule has 6 heteroatoms. The third kappa shape index (κ3) is 5.61. The molecule has 3 aliphatic rings. The van der Waals surface area contributed by atoms with E-state index in [0.717, 1.165) is 70.9 Å². The van der Waals surface area contributed by atoms with E-state index in [9.17, 15) is 4.79 Å². The average molecular weight is 491 g/mol. The predicted molar refractivity (Wildman–Crippen MR) is 146 cm³/mol. The molecule has 2 N–H and O–H groups in total. The first-order valence-electron chi connectivity index (χ1n) is 13.7. The molecule has 0 bridgehead atoms. The smallest absolute Gasteiger partial charge is 0.251 e. The average Bonchev–Trinajstić information content (AvgIpc) is 3.50. The molecule has 2 aromatic rings. The topological polar surface area (TPSA) is 56.8 Å². The largest absolute Gasteiger partial charge is 0.379 e. The van der Waals surface area contributed by atoms with Crippen molar-refractivity contribution in [2.45, 2.75) is 44.6 Å². The van der Waals surface area contributed by atoms with Crippen LogP contribution in [-0.2, 0) is 10.2 Å². The number of hydrogen-bond acceptors (Lipinski definition) is 5. The summed E-state index contributed by atoms with van der Waals surface area (Å²) in [5, 5.41) is 6.98. The Hall–Kier alpha value is -2.41. The van der Waals surface area contributed by atoms with Crippen LogP contribution in [0.4, 0.5) is 5.69 Å². The van der Waals surface area contributed by atoms with Crippen LogP contribution in [0.15, 0.2) is 54.6 Å². The van der Waals surface area contributed by atoms with E-state index < -0.39 is 0 Å². The number of hydrogen-bond donors (Lipinski definition) is 2. The summed E-state index contributed by atoms with van der Waals surface area (Å²) in [5.74, 6) is 0.00747. The van der Waals surface area contributed by atoms with Crippen LogP contribution in [0.2, 0.25) is 0 Å². The van der Waals surface area contributed by atoms with Crippen molar-refractivity contribution in [2.24, 2.45) is 5.41 Å². The molecule has 36 heavy (non-hydrogen) atoms. The molecule has 0 radical (unpaired) electrons. The molecule has 2 aromatic carbocycles. The van der Waals surface area contributed by atoms with Gasteiger partial charge >= 0.3 is 0 Å². The maximum absolute atomic E-state index is 12.5. The Morgan fingerprint density at radius 1 is 0.972 bits per heavy atom. The van der Waals surface area contributed by atoms with E-state index in [-0.39, 0.29) is 11.3 Å². The lowest BCUT2D eigenvalue weighted by molar-refractivity contribution is 0.0383. The fraction of sp³-hybridized carbons (Fsp3) is 0.567. The second kappa shape index (κ2) is 10.9. The number of piperidine rings is 1. The highest BCUT2D eigenvalue weighted by molar-refractivity contribution is 5.94. The molecule has 2 aliphatic heterocycles. The van der Waals surface area contributed by atoms with Crippen molar-refractivity contribution in [3.8, 4) is 0 Å². The van der Waals surface area contributed by atoms with Gasteiger partial charge in [-0.15, -0.1) is 0 Å². The van der Waals surface area contributed by atoms with Crippen LogP contribution in [0.5, 0.6) is 0 Å². The molecule has 5 rings (SSSR count). The molecule has 2 heterocycles. The Morgan fingerprint density at radius 3 is 2.28 bits per heavy atom. The van der Waals surface area contributed by atoms with Crippen LogP contribution in [0.1, 0.15) is 49.0 Å². The molecule has 0 aromatic heterocycles. The van der Waals surface area contributed by atoms with Crippen molar-refractivity contribution in [1.29, 1.82) is 0 Å². The first-order valence-corrected chi connectivity index (χ1v) is 13.7. The molecule has 6 nitrogen and oxygen atoms in total. The van der Waals surface area contributed by atoms with Gasteiger partial charge < -0.3 is 20.3 Å². The molecular formula is C30H42N4O2. The number of amides is 1. The normalized spacial score (nSPS) is 24.4. The van der Waals surface area contributed by atoms with Gasteiger partial charge in [0.25, 0.3) is 5.91 Å². The molecule has 194 valence electrons. The zero-order valence-corrected chi connectivity index (χ0v) is 22.0. The standard InChI is InChI=1S/C30H42N4O2/c1-29(2)22-30(29,25-6-4-3-5-7-25)23-32-26-12-15-34(16-13-26)27-10-8-24(9-11-27)28(35)31-14-17-33-18-20-36-21-19-33/h3-11,26,32H,12-23H2,1-2H3,(H,31,35)/t30-/m1/s1. The fourth-order valence-electron chi connectivity index (χ4n) is 6.10. The fourth-order valence-corrected chi connectivity index (χ4v) is 6.10. The molecule has 1 amide bonds. The van der Waals surface area contributed by atoms with Gasteiger partial charge in [0.1, 0.15) is 0 Å². The maximum Gasteiger partial charge on any atom is 0.251 e. The molecule has 1 aliphatic carbocycles. The van der Waals surface area contributed by atoms with Crippen LogP contribution < -0.4 is 15.5 Å². The van der Waals surface area contributed by atoms with Crippen molar-refractivity contribution in [3.63, 3.8) is 0 Å². The van der Waals surface area contributed by atoms with Gasteiger partial charge in [-0.1, -0.05) is 44.2 Å². The Labute approximate surface area is 216 Å². The van der Waals surface area contributed by atoms with E-state index in [1.54, 1.807) is 0 Å². The minimum Gasteiger partial charge on any atom is -0.379 e. The third-order valence-electron chi connectivity index (χ3n) is 8.74. The van der Waals surface area contributed by atoms with Gasteiger partial charge in [0.15, 0.2) is 0 Å². The van der Waals surface area contributed by atoms with Crippen molar-refractivity contribution in [1.82, 2.24) is 15.5 Å². The lowest BCUT2D eigenvalue weighted by Gasteiger charge is -2.35. The van der Waals surface area contributed by atoms with E-state index in [1.807, 2.05) is 12.1 Å². The summed E-state index contributed by atoms with van der Waals surface area (Å²) in [6.45, 7) is 13.0. The van der Waals surface area contributed by atoms with Gasteiger partial charge in [-0.3, -0.25) is 9.69 Å². The molecule has 1 saturated carbocycles. The highest BCUT2D eigenvalue weighted by Gasteiger charge is 2.61. The number of ether oxygens (including phenoxy) is 1. The zero-order chi connectivity index (χ0) is 25.0. The first kappa shape index (κ1) is 25.2. The van der Waals surface area contributed by atoms with Crippen molar-refractivity contribution >= 4 is 11.6 Å². The Balaban J connectivity index is 1.06. The highest BCUT2D eigenvalue weighted by Crippen LogP contribution is 2.63. The summed E-state index contributed by atoms with van der Waals surface area (Å²) in [5.41, 5.74) is 4.05. The van der Waals surface area contributed by atoms with Crippen LogP contribution in [0, 0.1) is 5.41 Å². The summed E-state index contributed by atoms with van der Waals surface area (Å²) >= 11 is 0. The molecule has 0 spiro atoms. The molecule has 0 unspecified atom stereocenters. The van der Waals surface area contributed by atoms with Crippen molar-refractivity contribution in [2.75, 3.05) is 63.9 Å². The Kier molecular flexibility index (Phi) is 7.65. The summed E-state index contributed by atoms with van der Waals surface area (Å²) in [7, 11) is 0. The number of rotatable bonds is 9. The van der Waals surface area contributed by atoms with Crippen molar-refractivity contribution in [3.05, 3.63) is 65.7 Å². The number of nitrogens with zero attached hydrogens (tertiary/aromatic N) is 2. The lowest BCUT2D eigenvalue weighted by Crippen LogP contribution is -2.45. The summed E-state index contributed by atoms with van der Waals surface area (Å²) in [6, 6.07) is 19.7. The van der Waals surface area contributed by atoms with E-state index in [4.69, 9.17) is 4.74 Å². The van der Waals surface area contributed by atoms with Gasteiger partial charge in [0.2, 0.25) is 0 Å². The second-order valence-electron chi connectivity index (χ2n) is 11.4. The SMILES string of the molecule is CC1(C)C[C@@]1(CNC1CCN(c2ccc(C(=O)NCCN3CCOCC3)cc2)CC1)c1ccccc1. The van der Waals surface area contributed by atoms with E-state index in [2.05, 4.69) is 76.7 Å². The van der Waals surface area contributed by atoms with Gasteiger partial charge in [0.05, 0.1) is 13.2 Å². The van der Waals surface area contributed by atoms with Crippen LogP contribution in [0.25, 0.3) is 0 Å². The van der Waals surface area contributed by atoms with Crippen LogP contribution >= 0.6 is 0 Å². The van der Waals surface area contributed by atoms with Gasteiger partial charge in [0, 0.05) is 68.5 Å². The maximum atomic E-state index is 12.5. The number of nitrogens with one attached hydrogen (secondary N) is 2. The van der Waals surface area contributed by atoms with Gasteiger partial charge in [-0.25, -0.2) is 0 Å². The Bertz CT molecular complexity index is 995. The zero-order valence-electron chi connectivity index (χ0n) is 22.0.